The molecule has 19 heavy (non-hydrogen) atoms. The van der Waals surface area contributed by atoms with Crippen molar-refractivity contribution in [3.8, 4) is 17.1 Å². The number of rotatable bonds is 2. The third-order valence-electron chi connectivity index (χ3n) is 2.45. The molecule has 3 rings (SSSR count). The zero-order valence-electron chi connectivity index (χ0n) is 9.18. The molecular formula is C10H5BrCl2N6. The lowest BCUT2D eigenvalue weighted by Gasteiger charge is -2.08. The number of para-hydroxylation sites is 1. The second-order valence-corrected chi connectivity index (χ2v) is 5.13. The molecule has 0 spiro atoms. The first-order valence-corrected chi connectivity index (χ1v) is 6.65. The van der Waals surface area contributed by atoms with Crippen LogP contribution in [0.4, 0.5) is 0 Å². The Labute approximate surface area is 125 Å². The van der Waals surface area contributed by atoms with Crippen LogP contribution < -0.4 is 0 Å². The zero-order valence-corrected chi connectivity index (χ0v) is 12.3. The first-order chi connectivity index (χ1) is 9.18. The lowest BCUT2D eigenvalue weighted by atomic mass is 10.3. The minimum Gasteiger partial charge on any atom is -0.223 e. The van der Waals surface area contributed by atoms with Crippen molar-refractivity contribution in [1.82, 2.24) is 30.4 Å². The standard InChI is InChI=1S/C10H5BrCl2N6/c11-9-5(10-15-17-18-16-10)4-14-19(9)8-6(12)2-1-3-7(8)13/h1-4H,(H,15,16,17,18). The van der Waals surface area contributed by atoms with E-state index in [2.05, 4.69) is 41.7 Å². The highest BCUT2D eigenvalue weighted by Crippen LogP contribution is 2.33. The summed E-state index contributed by atoms with van der Waals surface area (Å²) in [6.07, 6.45) is 1.61. The monoisotopic (exact) mass is 358 g/mol. The summed E-state index contributed by atoms with van der Waals surface area (Å²) in [7, 11) is 0. The Kier molecular flexibility index (Phi) is 3.26. The van der Waals surface area contributed by atoms with Crippen molar-refractivity contribution >= 4 is 39.1 Å². The van der Waals surface area contributed by atoms with Gasteiger partial charge < -0.3 is 0 Å². The van der Waals surface area contributed by atoms with Gasteiger partial charge in [-0.3, -0.25) is 0 Å². The molecule has 2 heterocycles. The van der Waals surface area contributed by atoms with Crippen LogP contribution in [-0.4, -0.2) is 30.4 Å². The fourth-order valence-corrected chi connectivity index (χ4v) is 2.71. The number of hydrogen-bond donors (Lipinski definition) is 1. The molecule has 0 bridgehead atoms. The van der Waals surface area contributed by atoms with Gasteiger partial charge in [0.15, 0.2) is 0 Å². The number of aromatic amines is 1. The van der Waals surface area contributed by atoms with E-state index >= 15 is 0 Å². The molecule has 0 aliphatic carbocycles. The fraction of sp³-hybridized carbons (Fsp3) is 0. The molecule has 0 radical (unpaired) electrons. The molecule has 0 saturated carbocycles. The van der Waals surface area contributed by atoms with Gasteiger partial charge in [-0.25, -0.2) is 4.68 Å². The Hall–Kier alpha value is -1.44. The van der Waals surface area contributed by atoms with Gasteiger partial charge in [0, 0.05) is 0 Å². The Balaban J connectivity index is 2.18. The van der Waals surface area contributed by atoms with E-state index < -0.39 is 0 Å². The normalized spacial score (nSPS) is 10.9. The summed E-state index contributed by atoms with van der Waals surface area (Å²) in [6, 6.07) is 5.25. The number of H-pyrrole nitrogens is 1. The van der Waals surface area contributed by atoms with Crippen molar-refractivity contribution in [3.05, 3.63) is 39.0 Å². The predicted octanol–water partition coefficient (Wildman–Crippen LogP) is 3.12. The molecule has 0 aliphatic rings. The second kappa shape index (κ2) is 4.92. The van der Waals surface area contributed by atoms with Crippen LogP contribution in [0, 0.1) is 0 Å². The van der Waals surface area contributed by atoms with Crippen LogP contribution >= 0.6 is 39.1 Å². The van der Waals surface area contributed by atoms with Crippen LogP contribution in [-0.2, 0) is 0 Å². The first-order valence-electron chi connectivity index (χ1n) is 5.10. The summed E-state index contributed by atoms with van der Waals surface area (Å²) in [6.45, 7) is 0. The molecular weight excluding hydrogens is 355 g/mol. The number of tetrazole rings is 1. The van der Waals surface area contributed by atoms with Gasteiger partial charge in [-0.2, -0.15) is 10.3 Å². The van der Waals surface area contributed by atoms with E-state index in [1.807, 2.05) is 0 Å². The molecule has 6 nitrogen and oxygen atoms in total. The highest BCUT2D eigenvalue weighted by Gasteiger charge is 2.18. The molecule has 0 saturated heterocycles. The summed E-state index contributed by atoms with van der Waals surface area (Å²) >= 11 is 15.7. The average molecular weight is 360 g/mol. The van der Waals surface area contributed by atoms with Crippen molar-refractivity contribution in [3.63, 3.8) is 0 Å². The molecule has 0 amide bonds. The quantitative estimate of drug-likeness (QED) is 0.762. The summed E-state index contributed by atoms with van der Waals surface area (Å²) < 4.78 is 2.22. The Morgan fingerprint density at radius 3 is 2.58 bits per heavy atom. The molecule has 96 valence electrons. The summed E-state index contributed by atoms with van der Waals surface area (Å²) in [4.78, 5) is 0. The predicted molar refractivity (Wildman–Crippen MR) is 74.5 cm³/mol. The Morgan fingerprint density at radius 1 is 1.21 bits per heavy atom. The van der Waals surface area contributed by atoms with Gasteiger partial charge in [0.05, 0.1) is 21.8 Å². The number of aromatic nitrogens is 6. The molecule has 1 aromatic carbocycles. The van der Waals surface area contributed by atoms with E-state index in [0.717, 1.165) is 0 Å². The van der Waals surface area contributed by atoms with Crippen LogP contribution in [0.1, 0.15) is 0 Å². The minimum absolute atomic E-state index is 0.432. The Bertz CT molecular complexity index is 703. The largest absolute Gasteiger partial charge is 0.223 e. The van der Waals surface area contributed by atoms with Gasteiger partial charge in [0.25, 0.3) is 0 Å². The second-order valence-electron chi connectivity index (χ2n) is 3.57. The summed E-state index contributed by atoms with van der Waals surface area (Å²) in [5.41, 5.74) is 1.28. The third-order valence-corrected chi connectivity index (χ3v) is 3.82. The van der Waals surface area contributed by atoms with Crippen molar-refractivity contribution in [2.45, 2.75) is 0 Å². The molecule has 3 aromatic rings. The maximum atomic E-state index is 6.15. The number of benzene rings is 1. The summed E-state index contributed by atoms with van der Waals surface area (Å²) in [5.74, 6) is 0.432. The van der Waals surface area contributed by atoms with Gasteiger partial charge in [0.1, 0.15) is 10.3 Å². The molecule has 2 aromatic heterocycles. The molecule has 1 N–H and O–H groups in total. The third kappa shape index (κ3) is 2.13. The van der Waals surface area contributed by atoms with Crippen molar-refractivity contribution in [1.29, 1.82) is 0 Å². The molecule has 0 atom stereocenters. The van der Waals surface area contributed by atoms with Gasteiger partial charge >= 0.3 is 0 Å². The van der Waals surface area contributed by atoms with Crippen LogP contribution in [0.3, 0.4) is 0 Å². The molecule has 0 aliphatic heterocycles. The highest BCUT2D eigenvalue weighted by molar-refractivity contribution is 9.10. The fourth-order valence-electron chi connectivity index (χ4n) is 1.61. The van der Waals surface area contributed by atoms with Crippen LogP contribution in [0.15, 0.2) is 29.0 Å². The van der Waals surface area contributed by atoms with E-state index in [1.165, 1.54) is 0 Å². The van der Waals surface area contributed by atoms with Crippen molar-refractivity contribution in [2.75, 3.05) is 0 Å². The molecule has 0 unspecified atom stereocenters. The lowest BCUT2D eigenvalue weighted by molar-refractivity contribution is 0.861. The van der Waals surface area contributed by atoms with Gasteiger partial charge in [0.2, 0.25) is 5.82 Å². The van der Waals surface area contributed by atoms with Crippen molar-refractivity contribution < 1.29 is 0 Å². The molecule has 0 fully saturated rings. The van der Waals surface area contributed by atoms with E-state index in [-0.39, 0.29) is 0 Å². The van der Waals surface area contributed by atoms with E-state index in [0.29, 0.717) is 31.7 Å². The lowest BCUT2D eigenvalue weighted by Crippen LogP contribution is -1.98. The number of hydrogen-bond acceptors (Lipinski definition) is 4. The summed E-state index contributed by atoms with van der Waals surface area (Å²) in [5, 5.41) is 18.9. The first kappa shape index (κ1) is 12.6. The number of nitrogens with one attached hydrogen (secondary N) is 1. The number of nitrogens with zero attached hydrogens (tertiary/aromatic N) is 5. The zero-order chi connectivity index (χ0) is 13.4. The van der Waals surface area contributed by atoms with Gasteiger partial charge in [-0.1, -0.05) is 29.3 Å². The smallest absolute Gasteiger partial charge is 0.209 e. The van der Waals surface area contributed by atoms with Crippen LogP contribution in [0.2, 0.25) is 10.0 Å². The Morgan fingerprint density at radius 2 is 1.95 bits per heavy atom. The number of halogens is 3. The SMILES string of the molecule is Clc1cccc(Cl)c1-n1ncc(-c2nn[nH]n2)c1Br. The minimum atomic E-state index is 0.432. The van der Waals surface area contributed by atoms with Crippen molar-refractivity contribution in [2.24, 2.45) is 0 Å². The van der Waals surface area contributed by atoms with Crippen LogP contribution in [0.5, 0.6) is 0 Å². The average Bonchev–Trinajstić information content (AvgIpc) is 3.00. The van der Waals surface area contributed by atoms with E-state index in [9.17, 15) is 0 Å². The van der Waals surface area contributed by atoms with E-state index in [4.69, 9.17) is 23.2 Å². The maximum Gasteiger partial charge on any atom is 0.209 e. The molecule has 9 heteroatoms. The van der Waals surface area contributed by atoms with Crippen LogP contribution in [0.25, 0.3) is 17.1 Å². The van der Waals surface area contributed by atoms with Gasteiger partial charge in [-0.15, -0.1) is 10.2 Å². The van der Waals surface area contributed by atoms with Gasteiger partial charge in [-0.05, 0) is 33.3 Å². The topological polar surface area (TPSA) is 72.3 Å². The maximum absolute atomic E-state index is 6.15. The highest BCUT2D eigenvalue weighted by atomic mass is 79.9. The van der Waals surface area contributed by atoms with E-state index in [1.54, 1.807) is 29.1 Å².